The van der Waals surface area contributed by atoms with Crippen LogP contribution < -0.4 is 0 Å². The standard InChI is InChI=1S/C12H27O5PS/c1-4-7-12-19-18(13,16-10-8-14-5-2)17-11-9-15-6-3/h4-12H2,1-3H3. The Morgan fingerprint density at radius 1 is 0.895 bits per heavy atom. The van der Waals surface area contributed by atoms with Crippen molar-refractivity contribution in [1.82, 2.24) is 0 Å². The minimum Gasteiger partial charge on any atom is -0.379 e. The first-order valence-electron chi connectivity index (χ1n) is 6.87. The molecule has 19 heavy (non-hydrogen) atoms. The van der Waals surface area contributed by atoms with Crippen molar-refractivity contribution in [2.45, 2.75) is 33.6 Å². The van der Waals surface area contributed by atoms with Gasteiger partial charge in [0, 0.05) is 19.0 Å². The molecule has 0 radical (unpaired) electrons. The van der Waals surface area contributed by atoms with E-state index >= 15 is 0 Å². The summed E-state index contributed by atoms with van der Waals surface area (Å²) in [6, 6.07) is 0. The van der Waals surface area contributed by atoms with Gasteiger partial charge >= 0.3 is 6.80 Å². The zero-order valence-corrected chi connectivity index (χ0v) is 14.0. The summed E-state index contributed by atoms with van der Waals surface area (Å²) in [6.45, 7) is 5.55. The highest BCUT2D eigenvalue weighted by Crippen LogP contribution is 2.60. The maximum atomic E-state index is 12.4. The van der Waals surface area contributed by atoms with Crippen LogP contribution in [0.3, 0.4) is 0 Å². The summed E-state index contributed by atoms with van der Waals surface area (Å²) >= 11 is 1.26. The predicted molar refractivity (Wildman–Crippen MR) is 79.9 cm³/mol. The largest absolute Gasteiger partial charge is 0.389 e. The van der Waals surface area contributed by atoms with Crippen molar-refractivity contribution in [2.75, 3.05) is 45.4 Å². The molecule has 0 saturated heterocycles. The van der Waals surface area contributed by atoms with E-state index in [0.717, 1.165) is 18.6 Å². The predicted octanol–water partition coefficient (Wildman–Crippen LogP) is 3.73. The third-order valence-electron chi connectivity index (χ3n) is 2.11. The molecule has 5 nitrogen and oxygen atoms in total. The smallest absolute Gasteiger partial charge is 0.379 e. The Morgan fingerprint density at radius 2 is 1.42 bits per heavy atom. The Kier molecular flexibility index (Phi) is 13.7. The SMILES string of the molecule is CCCCSP(=O)(OCCOCC)OCCOCC. The molecule has 7 heteroatoms. The number of ether oxygens (including phenoxy) is 2. The summed E-state index contributed by atoms with van der Waals surface area (Å²) in [5.74, 6) is 0.775. The van der Waals surface area contributed by atoms with Crippen molar-refractivity contribution in [2.24, 2.45) is 0 Å². The summed E-state index contributed by atoms with van der Waals surface area (Å²) in [4.78, 5) is 0. The van der Waals surface area contributed by atoms with E-state index in [1.54, 1.807) is 0 Å². The van der Waals surface area contributed by atoms with E-state index in [1.165, 1.54) is 11.4 Å². The molecule has 0 spiro atoms. The molecular formula is C12H27O5PS. The Balaban J connectivity index is 4.00. The second-order valence-electron chi connectivity index (χ2n) is 3.69. The van der Waals surface area contributed by atoms with Gasteiger partial charge in [-0.05, 0) is 31.7 Å². The number of unbranched alkanes of at least 4 members (excludes halogenated alkanes) is 1. The zero-order valence-electron chi connectivity index (χ0n) is 12.3. The quantitative estimate of drug-likeness (QED) is 0.360. The molecule has 0 heterocycles. The average Bonchev–Trinajstić information content (AvgIpc) is 2.41. The van der Waals surface area contributed by atoms with Crippen LogP contribution in [0.25, 0.3) is 0 Å². The van der Waals surface area contributed by atoms with Gasteiger partial charge in [0.2, 0.25) is 0 Å². The third-order valence-corrected chi connectivity index (χ3v) is 6.02. The highest BCUT2D eigenvalue weighted by atomic mass is 32.7. The first-order chi connectivity index (χ1) is 9.18. The van der Waals surface area contributed by atoms with Crippen molar-refractivity contribution in [3.05, 3.63) is 0 Å². The van der Waals surface area contributed by atoms with E-state index in [9.17, 15) is 4.57 Å². The van der Waals surface area contributed by atoms with Crippen LogP contribution in [0.5, 0.6) is 0 Å². The molecule has 0 rings (SSSR count). The summed E-state index contributed by atoms with van der Waals surface area (Å²) in [6.07, 6.45) is 2.06. The highest BCUT2D eigenvalue weighted by molar-refractivity contribution is 8.55. The van der Waals surface area contributed by atoms with E-state index in [1.807, 2.05) is 13.8 Å². The van der Waals surface area contributed by atoms with Crippen LogP contribution in [0.4, 0.5) is 0 Å². The molecule has 116 valence electrons. The maximum Gasteiger partial charge on any atom is 0.389 e. The molecular weight excluding hydrogens is 287 g/mol. The van der Waals surface area contributed by atoms with Crippen LogP contribution in [0, 0.1) is 0 Å². The van der Waals surface area contributed by atoms with Gasteiger partial charge in [0.1, 0.15) is 0 Å². The molecule has 0 aromatic heterocycles. The zero-order chi connectivity index (χ0) is 14.4. The second-order valence-corrected chi connectivity index (χ2v) is 7.89. The monoisotopic (exact) mass is 314 g/mol. The van der Waals surface area contributed by atoms with Gasteiger partial charge in [-0.3, -0.25) is 9.05 Å². The Hall–Kier alpha value is 0.420. The number of hydrogen-bond donors (Lipinski definition) is 0. The van der Waals surface area contributed by atoms with Gasteiger partial charge < -0.3 is 9.47 Å². The van der Waals surface area contributed by atoms with E-state index in [4.69, 9.17) is 18.5 Å². The summed E-state index contributed by atoms with van der Waals surface area (Å²) in [5, 5.41) is 0. The number of hydrogen-bond acceptors (Lipinski definition) is 6. The summed E-state index contributed by atoms with van der Waals surface area (Å²) in [7, 11) is 0. The Labute approximate surface area is 121 Å². The summed E-state index contributed by atoms with van der Waals surface area (Å²) in [5.41, 5.74) is 0. The minimum atomic E-state index is -3.07. The number of rotatable bonds is 14. The topological polar surface area (TPSA) is 54.0 Å². The van der Waals surface area contributed by atoms with E-state index in [2.05, 4.69) is 6.92 Å². The van der Waals surface area contributed by atoms with Crippen molar-refractivity contribution >= 4 is 18.2 Å². The molecule has 0 atom stereocenters. The summed E-state index contributed by atoms with van der Waals surface area (Å²) < 4.78 is 33.5. The van der Waals surface area contributed by atoms with Crippen LogP contribution >= 0.6 is 18.2 Å². The highest BCUT2D eigenvalue weighted by Gasteiger charge is 2.25. The van der Waals surface area contributed by atoms with Crippen LogP contribution in [0.1, 0.15) is 33.6 Å². The lowest BCUT2D eigenvalue weighted by Crippen LogP contribution is -2.06. The van der Waals surface area contributed by atoms with Gasteiger partial charge in [-0.25, -0.2) is 4.57 Å². The van der Waals surface area contributed by atoms with E-state index < -0.39 is 6.80 Å². The fourth-order valence-electron chi connectivity index (χ4n) is 1.14. The lowest BCUT2D eigenvalue weighted by atomic mass is 10.4. The van der Waals surface area contributed by atoms with Crippen LogP contribution in [-0.2, 0) is 23.1 Å². The van der Waals surface area contributed by atoms with Crippen LogP contribution in [0.15, 0.2) is 0 Å². The van der Waals surface area contributed by atoms with Gasteiger partial charge in [-0.2, -0.15) is 0 Å². The van der Waals surface area contributed by atoms with Crippen molar-refractivity contribution in [3.63, 3.8) is 0 Å². The van der Waals surface area contributed by atoms with Gasteiger partial charge in [0.05, 0.1) is 26.4 Å². The van der Waals surface area contributed by atoms with Gasteiger partial charge in [-0.1, -0.05) is 13.3 Å². The molecule has 0 unspecified atom stereocenters. The first kappa shape index (κ1) is 19.4. The molecule has 0 aliphatic heterocycles. The molecule has 0 aliphatic rings. The molecule has 0 aromatic rings. The van der Waals surface area contributed by atoms with Crippen molar-refractivity contribution in [1.29, 1.82) is 0 Å². The normalized spacial score (nSPS) is 11.9. The molecule has 0 aliphatic carbocycles. The van der Waals surface area contributed by atoms with Gasteiger partial charge in [-0.15, -0.1) is 0 Å². The average molecular weight is 314 g/mol. The maximum absolute atomic E-state index is 12.4. The van der Waals surface area contributed by atoms with Crippen molar-refractivity contribution < 1.29 is 23.1 Å². The van der Waals surface area contributed by atoms with Crippen LogP contribution in [-0.4, -0.2) is 45.4 Å². The lowest BCUT2D eigenvalue weighted by Gasteiger charge is -2.17. The third kappa shape index (κ3) is 11.9. The molecule has 0 aromatic carbocycles. The van der Waals surface area contributed by atoms with Crippen molar-refractivity contribution in [3.8, 4) is 0 Å². The van der Waals surface area contributed by atoms with E-state index in [-0.39, 0.29) is 0 Å². The first-order valence-corrected chi connectivity index (χ1v) is 10.0. The fraction of sp³-hybridized carbons (Fsp3) is 1.00. The Morgan fingerprint density at radius 3 is 1.84 bits per heavy atom. The molecule has 0 bridgehead atoms. The lowest BCUT2D eigenvalue weighted by molar-refractivity contribution is 0.0858. The molecule has 0 fully saturated rings. The fourth-order valence-corrected chi connectivity index (χ4v) is 4.55. The molecule has 0 N–H and O–H groups in total. The van der Waals surface area contributed by atoms with Gasteiger partial charge in [0.25, 0.3) is 0 Å². The van der Waals surface area contributed by atoms with Crippen LogP contribution in [0.2, 0.25) is 0 Å². The van der Waals surface area contributed by atoms with Gasteiger partial charge in [0.15, 0.2) is 0 Å². The minimum absolute atomic E-state index is 0.291. The molecule has 0 saturated carbocycles. The second kappa shape index (κ2) is 13.4. The van der Waals surface area contributed by atoms with E-state index in [0.29, 0.717) is 39.6 Å². The molecule has 0 amide bonds. The Bertz CT molecular complexity index is 224.